The smallest absolute Gasteiger partial charge is 0.428 e. The molecule has 0 fully saturated rings. The second kappa shape index (κ2) is 10.3. The van der Waals surface area contributed by atoms with Crippen LogP contribution < -0.4 is 0 Å². The second-order valence-corrected chi connectivity index (χ2v) is 5.49. The van der Waals surface area contributed by atoms with Crippen LogP contribution in [0.5, 0.6) is 0 Å². The number of carbonyl (C=O) groups excluding carboxylic acids is 3. The van der Waals surface area contributed by atoms with Crippen molar-refractivity contribution in [3.05, 3.63) is 35.5 Å². The number of ketones is 3. The van der Waals surface area contributed by atoms with Crippen molar-refractivity contribution in [2.45, 2.75) is 45.8 Å². The highest BCUT2D eigenvalue weighted by molar-refractivity contribution is 5.95. The van der Waals surface area contributed by atoms with E-state index < -0.39 is 59.6 Å². The van der Waals surface area contributed by atoms with E-state index >= 15 is 0 Å². The number of rotatable bonds is 9. The molecule has 0 rings (SSSR count). The molecule has 0 aliphatic rings. The predicted octanol–water partition coefficient (Wildman–Crippen LogP) is 4.43. The van der Waals surface area contributed by atoms with E-state index in [1.165, 1.54) is 0 Å². The largest absolute Gasteiger partial charge is 0.454 e. The quantitative estimate of drug-likeness (QED) is 0.214. The molecule has 6 nitrogen and oxygen atoms in total. The molecule has 0 spiro atoms. The lowest BCUT2D eigenvalue weighted by Gasteiger charge is -2.22. The zero-order valence-electron chi connectivity index (χ0n) is 15.7. The fourth-order valence-corrected chi connectivity index (χ4v) is 1.43. The number of allylic oxidation sites excluding steroid dienone is 6. The van der Waals surface area contributed by atoms with Crippen LogP contribution in [0.25, 0.3) is 0 Å². The topological polar surface area (TPSA) is 78.9 Å². The van der Waals surface area contributed by atoms with Gasteiger partial charge in [0.2, 0.25) is 0 Å². The minimum Gasteiger partial charge on any atom is -0.428 e. The highest BCUT2D eigenvalue weighted by Gasteiger charge is 2.39. The van der Waals surface area contributed by atoms with Crippen molar-refractivity contribution in [1.29, 1.82) is 0 Å². The molecular formula is C16H13F9O6. The summed E-state index contributed by atoms with van der Waals surface area (Å²) in [6, 6.07) is 0. The summed E-state index contributed by atoms with van der Waals surface area (Å²) in [5.74, 6) is -9.88. The molecule has 0 radical (unpaired) electrons. The van der Waals surface area contributed by atoms with Gasteiger partial charge in [-0.05, 0) is 20.8 Å². The SMILES string of the molecule is C/C(=C/C(=O)C(F)(F)F)OC(O/C(C)=C\C(=O)C(F)(F)F)O/C(C)=C/C(=O)C(F)(F)F. The van der Waals surface area contributed by atoms with Crippen LogP contribution >= 0.6 is 0 Å². The molecule has 31 heavy (non-hydrogen) atoms. The molecule has 176 valence electrons. The predicted molar refractivity (Wildman–Crippen MR) is 81.5 cm³/mol. The van der Waals surface area contributed by atoms with Crippen LogP contribution in [-0.2, 0) is 28.6 Å². The zero-order chi connectivity index (χ0) is 24.8. The summed E-state index contributed by atoms with van der Waals surface area (Å²) in [6.45, 7) is -0.123. The van der Waals surface area contributed by atoms with Gasteiger partial charge in [-0.3, -0.25) is 14.4 Å². The number of carbonyl (C=O) groups is 3. The molecule has 15 heteroatoms. The first-order valence-electron chi connectivity index (χ1n) is 7.61. The molecule has 0 aromatic rings. The van der Waals surface area contributed by atoms with Crippen molar-refractivity contribution >= 4 is 17.3 Å². The molecule has 0 saturated heterocycles. The monoisotopic (exact) mass is 472 g/mol. The highest BCUT2D eigenvalue weighted by Crippen LogP contribution is 2.22. The molecule has 0 aliphatic heterocycles. The van der Waals surface area contributed by atoms with E-state index in [4.69, 9.17) is 0 Å². The number of halogens is 9. The molecule has 0 atom stereocenters. The first kappa shape index (κ1) is 28.0. The van der Waals surface area contributed by atoms with E-state index in [-0.39, 0.29) is 18.2 Å². The standard InChI is InChI=1S/C16H13F9O6/c1-7(4-10(26)14(17,18)19)29-13(30-8(2)5-11(27)15(20,21)22)31-9(3)6-12(28)16(23,24)25/h4-6,13H,1-3H3/b7-4-,8-5-,9-6+. The Morgan fingerprint density at radius 3 is 0.903 bits per heavy atom. The van der Waals surface area contributed by atoms with E-state index in [0.717, 1.165) is 20.8 Å². The van der Waals surface area contributed by atoms with Gasteiger partial charge in [0.15, 0.2) is 0 Å². The van der Waals surface area contributed by atoms with Crippen LogP contribution in [0, 0.1) is 0 Å². The van der Waals surface area contributed by atoms with Gasteiger partial charge < -0.3 is 14.2 Å². The number of ether oxygens (including phenoxy) is 3. The fourth-order valence-electron chi connectivity index (χ4n) is 1.43. The highest BCUT2D eigenvalue weighted by atomic mass is 19.4. The Kier molecular flexibility index (Phi) is 9.35. The van der Waals surface area contributed by atoms with Crippen molar-refractivity contribution in [3.8, 4) is 0 Å². The van der Waals surface area contributed by atoms with E-state index in [0.29, 0.717) is 0 Å². The summed E-state index contributed by atoms with van der Waals surface area (Å²) < 4.78 is 124. The molecule has 0 heterocycles. The third kappa shape index (κ3) is 11.1. The molecule has 0 aliphatic carbocycles. The maximum atomic E-state index is 12.3. The van der Waals surface area contributed by atoms with Gasteiger partial charge >= 0.3 is 25.0 Å². The maximum Gasteiger partial charge on any atom is 0.454 e. The molecule has 0 aromatic heterocycles. The summed E-state index contributed by atoms with van der Waals surface area (Å²) >= 11 is 0. The minimum atomic E-state index is -5.31. The van der Waals surface area contributed by atoms with Crippen LogP contribution in [-0.4, -0.2) is 42.4 Å². The molecule has 0 aromatic carbocycles. The Morgan fingerprint density at radius 2 is 0.742 bits per heavy atom. The van der Waals surface area contributed by atoms with Gasteiger partial charge in [0.1, 0.15) is 17.3 Å². The van der Waals surface area contributed by atoms with E-state index in [2.05, 4.69) is 14.2 Å². The van der Waals surface area contributed by atoms with Crippen LogP contribution in [0.2, 0.25) is 0 Å². The first-order chi connectivity index (χ1) is 13.7. The summed E-state index contributed by atoms with van der Waals surface area (Å²) in [7, 11) is 0. The molecule has 0 saturated carbocycles. The Morgan fingerprint density at radius 1 is 0.548 bits per heavy atom. The lowest BCUT2D eigenvalue weighted by atomic mass is 10.3. The average molecular weight is 472 g/mol. The average Bonchev–Trinajstić information content (AvgIpc) is 2.51. The van der Waals surface area contributed by atoms with Crippen LogP contribution in [0.3, 0.4) is 0 Å². The van der Waals surface area contributed by atoms with E-state index in [1.54, 1.807) is 0 Å². The molecule has 0 bridgehead atoms. The third-order valence-corrected chi connectivity index (χ3v) is 2.69. The van der Waals surface area contributed by atoms with Gasteiger partial charge in [0, 0.05) is 18.2 Å². The second-order valence-electron chi connectivity index (χ2n) is 5.49. The fraction of sp³-hybridized carbons (Fsp3) is 0.438. The normalized spacial score (nSPS) is 15.3. The number of hydrogen-bond acceptors (Lipinski definition) is 6. The third-order valence-electron chi connectivity index (χ3n) is 2.69. The number of alkyl halides is 9. The van der Waals surface area contributed by atoms with Crippen molar-refractivity contribution in [2.75, 3.05) is 0 Å². The Labute approximate surface area is 167 Å². The van der Waals surface area contributed by atoms with Gasteiger partial charge in [0.05, 0.1) is 0 Å². The van der Waals surface area contributed by atoms with Crippen molar-refractivity contribution in [1.82, 2.24) is 0 Å². The Hall–Kier alpha value is -3.00. The number of hydrogen-bond donors (Lipinski definition) is 0. The Balaban J connectivity index is 5.72. The van der Waals surface area contributed by atoms with Gasteiger partial charge in [0.25, 0.3) is 17.3 Å². The summed E-state index contributed by atoms with van der Waals surface area (Å²) in [5, 5.41) is 0. The van der Waals surface area contributed by atoms with Gasteiger partial charge in [-0.2, -0.15) is 39.5 Å². The van der Waals surface area contributed by atoms with Gasteiger partial charge in [-0.15, -0.1) is 0 Å². The summed E-state index contributed by atoms with van der Waals surface area (Å²) in [5.41, 5.74) is 0. The lowest BCUT2D eigenvalue weighted by Crippen LogP contribution is -2.25. The van der Waals surface area contributed by atoms with Crippen LogP contribution in [0.15, 0.2) is 35.5 Å². The van der Waals surface area contributed by atoms with Crippen LogP contribution in [0.1, 0.15) is 20.8 Å². The molecular weight excluding hydrogens is 459 g/mol. The van der Waals surface area contributed by atoms with Crippen molar-refractivity contribution in [3.63, 3.8) is 0 Å². The van der Waals surface area contributed by atoms with Crippen LogP contribution in [0.4, 0.5) is 39.5 Å². The van der Waals surface area contributed by atoms with Crippen molar-refractivity contribution < 1.29 is 68.1 Å². The van der Waals surface area contributed by atoms with Crippen molar-refractivity contribution in [2.24, 2.45) is 0 Å². The van der Waals surface area contributed by atoms with E-state index in [1.807, 2.05) is 0 Å². The molecule has 0 amide bonds. The summed E-state index contributed by atoms with van der Waals surface area (Å²) in [4.78, 5) is 32.7. The Bertz CT molecular complexity index is 680. The minimum absolute atomic E-state index is 0.112. The molecule has 0 N–H and O–H groups in total. The zero-order valence-corrected chi connectivity index (χ0v) is 15.7. The maximum absolute atomic E-state index is 12.3. The van der Waals surface area contributed by atoms with Gasteiger partial charge in [-0.25, -0.2) is 0 Å². The lowest BCUT2D eigenvalue weighted by molar-refractivity contribution is -0.235. The van der Waals surface area contributed by atoms with Gasteiger partial charge in [-0.1, -0.05) is 0 Å². The summed E-state index contributed by atoms with van der Waals surface area (Å²) in [6.07, 6.45) is -16.3. The van der Waals surface area contributed by atoms with E-state index in [9.17, 15) is 53.9 Å². The first-order valence-corrected chi connectivity index (χ1v) is 7.61. The molecule has 0 unspecified atom stereocenters.